The quantitative estimate of drug-likeness (QED) is 0.346. The first-order valence-corrected chi connectivity index (χ1v) is 11.4. The van der Waals surface area contributed by atoms with Crippen molar-refractivity contribution in [3.63, 3.8) is 0 Å². The van der Waals surface area contributed by atoms with Crippen LogP contribution in [0.15, 0.2) is 102 Å². The third-order valence-corrected chi connectivity index (χ3v) is 5.82. The van der Waals surface area contributed by atoms with Gasteiger partial charge in [-0.25, -0.2) is 4.79 Å². The molecule has 1 aromatic heterocycles. The fourth-order valence-electron chi connectivity index (χ4n) is 4.23. The molecular formula is C29H27NO4. The number of aryl methyl sites for hydroxylation is 2. The van der Waals surface area contributed by atoms with Crippen LogP contribution in [0.25, 0.3) is 0 Å². The van der Waals surface area contributed by atoms with Gasteiger partial charge in [0, 0.05) is 17.7 Å². The third-order valence-electron chi connectivity index (χ3n) is 5.82. The number of ether oxygens (including phenoxy) is 1. The average Bonchev–Trinajstić information content (AvgIpc) is 2.86. The number of pyridine rings is 1. The molecule has 0 aliphatic rings. The van der Waals surface area contributed by atoms with Crippen LogP contribution in [0.5, 0.6) is 5.75 Å². The van der Waals surface area contributed by atoms with Crippen molar-refractivity contribution in [2.24, 2.45) is 0 Å². The van der Waals surface area contributed by atoms with Crippen molar-refractivity contribution in [3.05, 3.63) is 135 Å². The Morgan fingerprint density at radius 3 is 2.03 bits per heavy atom. The number of para-hydroxylation sites is 1. The fraction of sp³-hybridized carbons (Fsp3) is 0.172. The van der Waals surface area contributed by atoms with Crippen molar-refractivity contribution < 1.29 is 14.6 Å². The summed E-state index contributed by atoms with van der Waals surface area (Å²) in [5, 5.41) is 8.89. The van der Waals surface area contributed by atoms with E-state index < -0.39 is 5.97 Å². The van der Waals surface area contributed by atoms with E-state index in [1.807, 2.05) is 66.9 Å². The van der Waals surface area contributed by atoms with E-state index in [0.717, 1.165) is 34.2 Å². The summed E-state index contributed by atoms with van der Waals surface area (Å²) in [5.41, 5.74) is 4.95. The molecule has 4 aromatic rings. The average molecular weight is 454 g/mol. The van der Waals surface area contributed by atoms with Crippen molar-refractivity contribution in [2.45, 2.75) is 25.2 Å². The molecule has 3 aromatic carbocycles. The maximum absolute atomic E-state index is 12.6. The molecule has 0 amide bonds. The number of benzene rings is 3. The second-order valence-corrected chi connectivity index (χ2v) is 8.19. The standard InChI is InChI=1S/C29H27NO4/c31-27(32)20-34-26-17-8-7-10-21(26)15-9-16-24-18-25(19-30-29(24)33)28(22-11-3-1-4-12-22)23-13-5-2-6-14-23/h1-8,10-14,17-19,28H,9,15-16,20H2,(H,30,33)(H,31,32). The van der Waals surface area contributed by atoms with Crippen LogP contribution in [0.4, 0.5) is 0 Å². The second-order valence-electron chi connectivity index (χ2n) is 8.19. The van der Waals surface area contributed by atoms with Crippen molar-refractivity contribution in [1.82, 2.24) is 4.98 Å². The van der Waals surface area contributed by atoms with Crippen molar-refractivity contribution in [3.8, 4) is 5.75 Å². The lowest BCUT2D eigenvalue weighted by Gasteiger charge is -2.19. The highest BCUT2D eigenvalue weighted by atomic mass is 16.5. The Morgan fingerprint density at radius 2 is 1.38 bits per heavy atom. The fourth-order valence-corrected chi connectivity index (χ4v) is 4.23. The molecule has 172 valence electrons. The Kier molecular flexibility index (Phi) is 7.56. The van der Waals surface area contributed by atoms with Crippen LogP contribution in [-0.4, -0.2) is 22.7 Å². The summed E-state index contributed by atoms with van der Waals surface area (Å²) in [5.74, 6) is -0.423. The summed E-state index contributed by atoms with van der Waals surface area (Å²) in [6.45, 7) is -0.376. The monoisotopic (exact) mass is 453 g/mol. The van der Waals surface area contributed by atoms with Gasteiger partial charge in [-0.3, -0.25) is 4.79 Å². The zero-order valence-corrected chi connectivity index (χ0v) is 18.8. The number of aromatic amines is 1. The van der Waals surface area contributed by atoms with Crippen molar-refractivity contribution in [1.29, 1.82) is 0 Å². The molecule has 34 heavy (non-hydrogen) atoms. The maximum Gasteiger partial charge on any atom is 0.341 e. The van der Waals surface area contributed by atoms with Crippen LogP contribution < -0.4 is 10.3 Å². The Labute approximate surface area is 198 Å². The van der Waals surface area contributed by atoms with Crippen LogP contribution in [-0.2, 0) is 17.6 Å². The summed E-state index contributed by atoms with van der Waals surface area (Å²) in [6, 6.07) is 30.0. The summed E-state index contributed by atoms with van der Waals surface area (Å²) in [7, 11) is 0. The van der Waals surface area contributed by atoms with Gasteiger partial charge in [0.1, 0.15) is 5.75 Å². The first-order valence-electron chi connectivity index (χ1n) is 11.4. The number of carbonyl (C=O) groups is 1. The molecule has 0 saturated heterocycles. The smallest absolute Gasteiger partial charge is 0.341 e. The van der Waals surface area contributed by atoms with Gasteiger partial charge in [-0.2, -0.15) is 0 Å². The van der Waals surface area contributed by atoms with Gasteiger partial charge in [0.05, 0.1) is 0 Å². The van der Waals surface area contributed by atoms with Crippen LogP contribution in [0.3, 0.4) is 0 Å². The van der Waals surface area contributed by atoms with Crippen molar-refractivity contribution in [2.75, 3.05) is 6.61 Å². The molecule has 0 saturated carbocycles. The van der Waals surface area contributed by atoms with E-state index in [1.54, 1.807) is 6.07 Å². The molecule has 0 aliphatic carbocycles. The highest BCUT2D eigenvalue weighted by Crippen LogP contribution is 2.31. The first kappa shape index (κ1) is 23.1. The third kappa shape index (κ3) is 5.81. The zero-order valence-electron chi connectivity index (χ0n) is 18.8. The zero-order chi connectivity index (χ0) is 23.8. The van der Waals surface area contributed by atoms with E-state index in [-0.39, 0.29) is 18.1 Å². The minimum Gasteiger partial charge on any atom is -0.482 e. The van der Waals surface area contributed by atoms with E-state index in [2.05, 4.69) is 29.2 Å². The Hall–Kier alpha value is -4.12. The molecule has 0 bridgehead atoms. The normalized spacial score (nSPS) is 10.9. The number of hydrogen-bond donors (Lipinski definition) is 2. The van der Waals surface area contributed by atoms with Crippen LogP contribution >= 0.6 is 0 Å². The Bertz CT molecular complexity index is 1240. The van der Waals surface area contributed by atoms with Gasteiger partial charge in [0.25, 0.3) is 5.56 Å². The number of aromatic nitrogens is 1. The molecule has 4 rings (SSSR count). The highest BCUT2D eigenvalue weighted by Gasteiger charge is 2.18. The van der Waals surface area contributed by atoms with Gasteiger partial charge >= 0.3 is 5.97 Å². The Balaban J connectivity index is 1.55. The minimum absolute atomic E-state index is 0.0168. The second kappa shape index (κ2) is 11.1. The number of rotatable bonds is 10. The first-order chi connectivity index (χ1) is 16.6. The number of hydrogen-bond acceptors (Lipinski definition) is 3. The summed E-state index contributed by atoms with van der Waals surface area (Å²) in [6.07, 6.45) is 3.83. The van der Waals surface area contributed by atoms with Gasteiger partial charge in [0.2, 0.25) is 0 Å². The van der Waals surface area contributed by atoms with Crippen molar-refractivity contribution >= 4 is 5.97 Å². The highest BCUT2D eigenvalue weighted by molar-refractivity contribution is 5.68. The maximum atomic E-state index is 12.6. The summed E-state index contributed by atoms with van der Waals surface area (Å²) >= 11 is 0. The van der Waals surface area contributed by atoms with Gasteiger partial charge in [-0.05, 0) is 53.6 Å². The minimum atomic E-state index is -1.01. The molecule has 0 unspecified atom stereocenters. The number of nitrogens with one attached hydrogen (secondary N) is 1. The number of H-pyrrole nitrogens is 1. The van der Waals surface area contributed by atoms with E-state index in [9.17, 15) is 9.59 Å². The summed E-state index contributed by atoms with van der Waals surface area (Å²) in [4.78, 5) is 26.4. The predicted molar refractivity (Wildman–Crippen MR) is 132 cm³/mol. The molecule has 0 atom stereocenters. The van der Waals surface area contributed by atoms with Crippen LogP contribution in [0.1, 0.15) is 40.2 Å². The lowest BCUT2D eigenvalue weighted by Crippen LogP contribution is -2.15. The SMILES string of the molecule is O=C(O)COc1ccccc1CCCc1cc(C(c2ccccc2)c2ccccc2)c[nH]c1=O. The van der Waals surface area contributed by atoms with E-state index in [1.165, 1.54) is 0 Å². The van der Waals surface area contributed by atoms with E-state index >= 15 is 0 Å². The van der Waals surface area contributed by atoms with Gasteiger partial charge in [-0.15, -0.1) is 0 Å². The van der Waals surface area contributed by atoms with Gasteiger partial charge in [-0.1, -0.05) is 78.9 Å². The largest absolute Gasteiger partial charge is 0.482 e. The molecule has 5 nitrogen and oxygen atoms in total. The number of carboxylic acid groups (broad SMARTS) is 1. The molecule has 0 fully saturated rings. The summed E-state index contributed by atoms with van der Waals surface area (Å²) < 4.78 is 5.41. The lowest BCUT2D eigenvalue weighted by molar-refractivity contribution is -0.139. The Morgan fingerprint density at radius 1 is 0.794 bits per heavy atom. The molecule has 1 heterocycles. The molecule has 5 heteroatoms. The predicted octanol–water partition coefficient (Wildman–Crippen LogP) is 5.19. The molecular weight excluding hydrogens is 426 g/mol. The molecule has 0 aliphatic heterocycles. The van der Waals surface area contributed by atoms with Gasteiger partial charge in [0.15, 0.2) is 6.61 Å². The number of carboxylic acids is 1. The van der Waals surface area contributed by atoms with Gasteiger partial charge < -0.3 is 14.8 Å². The molecule has 0 spiro atoms. The lowest BCUT2D eigenvalue weighted by atomic mass is 9.85. The number of aliphatic carboxylic acids is 1. The topological polar surface area (TPSA) is 79.4 Å². The van der Waals surface area contributed by atoms with E-state index in [4.69, 9.17) is 9.84 Å². The molecule has 0 radical (unpaired) electrons. The van der Waals surface area contributed by atoms with Crippen LogP contribution in [0, 0.1) is 0 Å². The van der Waals surface area contributed by atoms with E-state index in [0.29, 0.717) is 18.6 Å². The molecule has 2 N–H and O–H groups in total. The van der Waals surface area contributed by atoms with Crippen LogP contribution in [0.2, 0.25) is 0 Å².